The number of pyridine rings is 1. The molecule has 0 saturated carbocycles. The molecule has 0 aromatic carbocycles. The zero-order valence-corrected chi connectivity index (χ0v) is 8.17. The molecule has 0 saturated heterocycles. The number of hydrogen-bond acceptors (Lipinski definition) is 2. The Morgan fingerprint density at radius 1 is 1.33 bits per heavy atom. The first-order valence-corrected chi connectivity index (χ1v) is 4.39. The Hall–Kier alpha value is -0.890. The van der Waals surface area contributed by atoms with E-state index in [1.165, 1.54) is 6.42 Å². The standard InChI is InChI=1S/C7H10N2.C3H8/c1-8-6-7-4-2-3-5-9-7;1-3-2/h2-5,8H,6H2,1H3;3H2,1-2H3. The van der Waals surface area contributed by atoms with Gasteiger partial charge in [-0.05, 0) is 19.2 Å². The van der Waals surface area contributed by atoms with Crippen LogP contribution in [0.15, 0.2) is 24.4 Å². The topological polar surface area (TPSA) is 24.9 Å². The summed E-state index contributed by atoms with van der Waals surface area (Å²) >= 11 is 0. The number of nitrogens with one attached hydrogen (secondary N) is 1. The van der Waals surface area contributed by atoms with Gasteiger partial charge in [-0.2, -0.15) is 0 Å². The predicted octanol–water partition coefficient (Wildman–Crippen LogP) is 2.22. The van der Waals surface area contributed by atoms with Crippen LogP contribution in [0.4, 0.5) is 0 Å². The molecule has 1 rings (SSSR count). The van der Waals surface area contributed by atoms with Crippen molar-refractivity contribution < 1.29 is 0 Å². The Balaban J connectivity index is 0.000000354. The Morgan fingerprint density at radius 3 is 2.42 bits per heavy atom. The maximum absolute atomic E-state index is 4.11. The van der Waals surface area contributed by atoms with Gasteiger partial charge >= 0.3 is 0 Å². The molecule has 2 nitrogen and oxygen atoms in total. The van der Waals surface area contributed by atoms with Gasteiger partial charge in [-0.25, -0.2) is 0 Å². The molecule has 0 spiro atoms. The summed E-state index contributed by atoms with van der Waals surface area (Å²) in [5.74, 6) is 0. The molecule has 0 amide bonds. The van der Waals surface area contributed by atoms with Gasteiger partial charge in [-0.15, -0.1) is 0 Å². The van der Waals surface area contributed by atoms with Crippen molar-refractivity contribution in [1.82, 2.24) is 10.3 Å². The Morgan fingerprint density at radius 2 is 2.00 bits per heavy atom. The van der Waals surface area contributed by atoms with Crippen molar-refractivity contribution in [1.29, 1.82) is 0 Å². The first kappa shape index (κ1) is 11.1. The molecule has 0 fully saturated rings. The van der Waals surface area contributed by atoms with Gasteiger partial charge in [0.25, 0.3) is 0 Å². The third kappa shape index (κ3) is 5.86. The highest BCUT2D eigenvalue weighted by molar-refractivity contribution is 5.02. The van der Waals surface area contributed by atoms with Crippen molar-refractivity contribution >= 4 is 0 Å². The molecule has 0 aliphatic carbocycles. The first-order chi connectivity index (χ1) is 5.85. The summed E-state index contributed by atoms with van der Waals surface area (Å²) in [5.41, 5.74) is 1.08. The van der Waals surface area contributed by atoms with E-state index in [0.29, 0.717) is 0 Å². The second-order valence-electron chi connectivity index (χ2n) is 2.56. The summed E-state index contributed by atoms with van der Waals surface area (Å²) in [7, 11) is 1.91. The molecule has 0 radical (unpaired) electrons. The molecule has 0 bridgehead atoms. The molecule has 0 atom stereocenters. The Bertz CT molecular complexity index is 172. The predicted molar refractivity (Wildman–Crippen MR) is 53.0 cm³/mol. The van der Waals surface area contributed by atoms with Gasteiger partial charge in [0.15, 0.2) is 0 Å². The minimum atomic E-state index is 0.848. The highest BCUT2D eigenvalue weighted by Gasteiger charge is 1.85. The van der Waals surface area contributed by atoms with Crippen LogP contribution in [0.25, 0.3) is 0 Å². The summed E-state index contributed by atoms with van der Waals surface area (Å²) in [6.07, 6.45) is 3.05. The molecular formula is C10H18N2. The lowest BCUT2D eigenvalue weighted by molar-refractivity contribution is 0.791. The molecule has 68 valence electrons. The van der Waals surface area contributed by atoms with E-state index in [0.717, 1.165) is 12.2 Å². The van der Waals surface area contributed by atoms with E-state index in [-0.39, 0.29) is 0 Å². The van der Waals surface area contributed by atoms with Gasteiger partial charge in [0.05, 0.1) is 5.69 Å². The van der Waals surface area contributed by atoms with E-state index in [9.17, 15) is 0 Å². The van der Waals surface area contributed by atoms with Crippen LogP contribution in [0.1, 0.15) is 26.0 Å². The third-order valence-corrected chi connectivity index (χ3v) is 1.08. The normalized spacial score (nSPS) is 8.58. The molecule has 0 aliphatic rings. The second-order valence-corrected chi connectivity index (χ2v) is 2.56. The van der Waals surface area contributed by atoms with E-state index in [2.05, 4.69) is 24.1 Å². The van der Waals surface area contributed by atoms with Gasteiger partial charge in [0.2, 0.25) is 0 Å². The van der Waals surface area contributed by atoms with Gasteiger partial charge in [0.1, 0.15) is 0 Å². The van der Waals surface area contributed by atoms with Crippen LogP contribution in [0, 0.1) is 0 Å². The minimum absolute atomic E-state index is 0.848. The van der Waals surface area contributed by atoms with Gasteiger partial charge in [-0.3, -0.25) is 4.98 Å². The monoisotopic (exact) mass is 166 g/mol. The lowest BCUT2D eigenvalue weighted by Crippen LogP contribution is -2.05. The van der Waals surface area contributed by atoms with E-state index in [1.807, 2.05) is 25.2 Å². The maximum Gasteiger partial charge on any atom is 0.0541 e. The van der Waals surface area contributed by atoms with Crippen LogP contribution in [0.2, 0.25) is 0 Å². The smallest absolute Gasteiger partial charge is 0.0541 e. The second kappa shape index (κ2) is 8.21. The molecule has 1 aromatic rings. The number of rotatable bonds is 2. The number of nitrogens with zero attached hydrogens (tertiary/aromatic N) is 1. The minimum Gasteiger partial charge on any atom is -0.314 e. The van der Waals surface area contributed by atoms with E-state index < -0.39 is 0 Å². The van der Waals surface area contributed by atoms with Gasteiger partial charge < -0.3 is 5.32 Å². The zero-order valence-electron chi connectivity index (χ0n) is 8.17. The van der Waals surface area contributed by atoms with Crippen LogP contribution in [0.3, 0.4) is 0 Å². The first-order valence-electron chi connectivity index (χ1n) is 4.39. The van der Waals surface area contributed by atoms with Crippen molar-refractivity contribution in [2.75, 3.05) is 7.05 Å². The molecule has 1 N–H and O–H groups in total. The van der Waals surface area contributed by atoms with Crippen molar-refractivity contribution in [2.24, 2.45) is 0 Å². The highest BCUT2D eigenvalue weighted by Crippen LogP contribution is 1.89. The Kier molecular flexibility index (Phi) is 7.60. The van der Waals surface area contributed by atoms with Crippen molar-refractivity contribution in [3.63, 3.8) is 0 Å². The number of hydrogen-bond donors (Lipinski definition) is 1. The lowest BCUT2D eigenvalue weighted by Gasteiger charge is -1.94. The van der Waals surface area contributed by atoms with E-state index in [4.69, 9.17) is 0 Å². The summed E-state index contributed by atoms with van der Waals surface area (Å²) in [4.78, 5) is 4.11. The molecule has 1 heterocycles. The van der Waals surface area contributed by atoms with Crippen LogP contribution < -0.4 is 5.32 Å². The fourth-order valence-electron chi connectivity index (χ4n) is 0.684. The summed E-state index contributed by atoms with van der Waals surface area (Å²) in [6.45, 7) is 5.10. The molecule has 12 heavy (non-hydrogen) atoms. The molecule has 0 aliphatic heterocycles. The van der Waals surface area contributed by atoms with Gasteiger partial charge in [-0.1, -0.05) is 26.3 Å². The summed E-state index contributed by atoms with van der Waals surface area (Å²) in [5, 5.41) is 3.02. The molecule has 1 aromatic heterocycles. The van der Waals surface area contributed by atoms with Crippen molar-refractivity contribution in [3.8, 4) is 0 Å². The SMILES string of the molecule is CCC.CNCc1ccccn1. The van der Waals surface area contributed by atoms with E-state index in [1.54, 1.807) is 6.20 Å². The summed E-state index contributed by atoms with van der Waals surface area (Å²) in [6, 6.07) is 5.90. The van der Waals surface area contributed by atoms with Crippen molar-refractivity contribution in [3.05, 3.63) is 30.1 Å². The van der Waals surface area contributed by atoms with Crippen LogP contribution >= 0.6 is 0 Å². The quantitative estimate of drug-likeness (QED) is 0.728. The Labute approximate surface area is 75.0 Å². The highest BCUT2D eigenvalue weighted by atomic mass is 14.8. The molecule has 2 heteroatoms. The molecule has 0 unspecified atom stereocenters. The number of aromatic nitrogens is 1. The van der Waals surface area contributed by atoms with Crippen LogP contribution in [0.5, 0.6) is 0 Å². The maximum atomic E-state index is 4.11. The zero-order chi connectivity index (χ0) is 9.23. The summed E-state index contributed by atoms with van der Waals surface area (Å²) < 4.78 is 0. The van der Waals surface area contributed by atoms with E-state index >= 15 is 0 Å². The van der Waals surface area contributed by atoms with Crippen molar-refractivity contribution in [2.45, 2.75) is 26.8 Å². The van der Waals surface area contributed by atoms with Gasteiger partial charge in [0, 0.05) is 12.7 Å². The largest absolute Gasteiger partial charge is 0.314 e. The molecular weight excluding hydrogens is 148 g/mol. The average molecular weight is 166 g/mol. The van der Waals surface area contributed by atoms with Crippen LogP contribution in [-0.4, -0.2) is 12.0 Å². The lowest BCUT2D eigenvalue weighted by atomic mass is 10.3. The third-order valence-electron chi connectivity index (χ3n) is 1.08. The fourth-order valence-corrected chi connectivity index (χ4v) is 0.684. The fraction of sp³-hybridized carbons (Fsp3) is 0.500. The van der Waals surface area contributed by atoms with Crippen LogP contribution in [-0.2, 0) is 6.54 Å². The average Bonchev–Trinajstić information content (AvgIpc) is 2.08.